The quantitative estimate of drug-likeness (QED) is 0.917. The van der Waals surface area contributed by atoms with Gasteiger partial charge < -0.3 is 19.3 Å². The molecule has 1 atom stereocenters. The molecular formula is C17H20N2O4. The first-order valence-corrected chi connectivity index (χ1v) is 7.80. The van der Waals surface area contributed by atoms with Crippen LogP contribution < -0.4 is 14.8 Å². The Balaban J connectivity index is 1.70. The van der Waals surface area contributed by atoms with E-state index in [-0.39, 0.29) is 18.4 Å². The number of benzene rings is 1. The molecule has 0 spiro atoms. The maximum Gasteiger partial charge on any atom is 0.226 e. The number of ether oxygens (including phenoxy) is 2. The summed E-state index contributed by atoms with van der Waals surface area (Å²) in [5, 5.41) is 6.88. The van der Waals surface area contributed by atoms with Gasteiger partial charge in [-0.25, -0.2) is 0 Å². The summed E-state index contributed by atoms with van der Waals surface area (Å²) in [6.07, 6.45) is 1.10. The molecule has 2 heterocycles. The van der Waals surface area contributed by atoms with E-state index in [1.807, 2.05) is 32.0 Å². The normalized spacial score (nSPS) is 14.3. The minimum atomic E-state index is -0.0543. The van der Waals surface area contributed by atoms with Crippen LogP contribution in [0.2, 0.25) is 0 Å². The second-order valence-corrected chi connectivity index (χ2v) is 5.59. The van der Waals surface area contributed by atoms with Crippen molar-refractivity contribution in [2.24, 2.45) is 0 Å². The molecule has 0 bridgehead atoms. The Kier molecular flexibility index (Phi) is 4.50. The van der Waals surface area contributed by atoms with E-state index >= 15 is 0 Å². The lowest BCUT2D eigenvalue weighted by Crippen LogP contribution is -2.33. The first-order valence-electron chi connectivity index (χ1n) is 7.80. The van der Waals surface area contributed by atoms with Crippen molar-refractivity contribution in [1.82, 2.24) is 10.5 Å². The molecule has 1 aromatic heterocycles. The summed E-state index contributed by atoms with van der Waals surface area (Å²) in [4.78, 5) is 11.9. The van der Waals surface area contributed by atoms with Crippen molar-refractivity contribution in [3.05, 3.63) is 30.0 Å². The predicted octanol–water partition coefficient (Wildman–Crippen LogP) is 2.57. The summed E-state index contributed by atoms with van der Waals surface area (Å²) >= 11 is 0. The van der Waals surface area contributed by atoms with Crippen LogP contribution in [0.25, 0.3) is 11.3 Å². The minimum absolute atomic E-state index is 0.0543. The Labute approximate surface area is 134 Å². The van der Waals surface area contributed by atoms with Gasteiger partial charge in [0, 0.05) is 17.7 Å². The Bertz CT molecular complexity index is 696. The number of hydrogen-bond donors (Lipinski definition) is 1. The lowest BCUT2D eigenvalue weighted by molar-refractivity contribution is -0.121. The molecule has 23 heavy (non-hydrogen) atoms. The standard InChI is InChI=1S/C17H20N2O4/c1-3-11(2)18-17(20)10-13-9-15(23-19-13)12-4-5-14-16(8-12)22-7-6-21-14/h4-5,8-9,11H,3,6-7,10H2,1-2H3,(H,18,20). The first kappa shape index (κ1) is 15.4. The number of hydrogen-bond acceptors (Lipinski definition) is 5. The topological polar surface area (TPSA) is 73.6 Å². The number of amides is 1. The summed E-state index contributed by atoms with van der Waals surface area (Å²) in [7, 11) is 0. The highest BCUT2D eigenvalue weighted by molar-refractivity contribution is 5.78. The molecule has 2 aromatic rings. The molecule has 1 unspecified atom stereocenters. The van der Waals surface area contributed by atoms with Crippen LogP contribution in [0.5, 0.6) is 11.5 Å². The van der Waals surface area contributed by atoms with Gasteiger partial charge in [0.2, 0.25) is 5.91 Å². The van der Waals surface area contributed by atoms with Gasteiger partial charge in [0.25, 0.3) is 0 Å². The van der Waals surface area contributed by atoms with Gasteiger partial charge in [0.05, 0.1) is 12.1 Å². The highest BCUT2D eigenvalue weighted by atomic mass is 16.6. The number of nitrogens with zero attached hydrogens (tertiary/aromatic N) is 1. The number of nitrogens with one attached hydrogen (secondary N) is 1. The van der Waals surface area contributed by atoms with E-state index in [2.05, 4.69) is 10.5 Å². The minimum Gasteiger partial charge on any atom is -0.486 e. The molecule has 0 aliphatic carbocycles. The molecule has 1 aromatic carbocycles. The van der Waals surface area contributed by atoms with Gasteiger partial charge in [-0.1, -0.05) is 12.1 Å². The molecule has 1 N–H and O–H groups in total. The molecule has 0 fully saturated rings. The molecule has 6 heteroatoms. The van der Waals surface area contributed by atoms with Crippen LogP contribution in [-0.2, 0) is 11.2 Å². The van der Waals surface area contributed by atoms with Crippen molar-refractivity contribution in [1.29, 1.82) is 0 Å². The highest BCUT2D eigenvalue weighted by Crippen LogP contribution is 2.34. The van der Waals surface area contributed by atoms with E-state index in [9.17, 15) is 4.79 Å². The van der Waals surface area contributed by atoms with Crippen LogP contribution in [-0.4, -0.2) is 30.3 Å². The van der Waals surface area contributed by atoms with Gasteiger partial charge >= 0.3 is 0 Å². The van der Waals surface area contributed by atoms with Gasteiger partial charge in [-0.15, -0.1) is 0 Å². The van der Waals surface area contributed by atoms with Crippen molar-refractivity contribution < 1.29 is 18.8 Å². The van der Waals surface area contributed by atoms with E-state index in [4.69, 9.17) is 14.0 Å². The molecule has 1 aliphatic heterocycles. The van der Waals surface area contributed by atoms with Crippen LogP contribution in [0, 0.1) is 0 Å². The molecule has 1 aliphatic rings. The van der Waals surface area contributed by atoms with Gasteiger partial charge in [-0.05, 0) is 31.5 Å². The number of carbonyl (C=O) groups excluding carboxylic acids is 1. The zero-order valence-electron chi connectivity index (χ0n) is 13.3. The molecule has 3 rings (SSSR count). The lowest BCUT2D eigenvalue weighted by atomic mass is 10.1. The van der Waals surface area contributed by atoms with Gasteiger partial charge in [0.1, 0.15) is 13.2 Å². The molecule has 0 saturated heterocycles. The molecule has 122 valence electrons. The van der Waals surface area contributed by atoms with Crippen molar-refractivity contribution in [2.45, 2.75) is 32.7 Å². The predicted molar refractivity (Wildman–Crippen MR) is 84.5 cm³/mol. The van der Waals surface area contributed by atoms with Crippen molar-refractivity contribution >= 4 is 5.91 Å². The smallest absolute Gasteiger partial charge is 0.226 e. The Morgan fingerprint density at radius 2 is 2.04 bits per heavy atom. The summed E-state index contributed by atoms with van der Waals surface area (Å²) in [6.45, 7) is 5.10. The zero-order valence-corrected chi connectivity index (χ0v) is 13.3. The molecule has 6 nitrogen and oxygen atoms in total. The monoisotopic (exact) mass is 316 g/mol. The van der Waals surface area contributed by atoms with Crippen molar-refractivity contribution in [3.63, 3.8) is 0 Å². The Morgan fingerprint density at radius 1 is 1.26 bits per heavy atom. The highest BCUT2D eigenvalue weighted by Gasteiger charge is 2.16. The molecule has 1 amide bonds. The molecular weight excluding hydrogens is 296 g/mol. The summed E-state index contributed by atoms with van der Waals surface area (Å²) in [5.74, 6) is 1.98. The summed E-state index contributed by atoms with van der Waals surface area (Å²) in [6, 6.07) is 7.53. The fourth-order valence-corrected chi connectivity index (χ4v) is 2.32. The van der Waals surface area contributed by atoms with E-state index in [1.165, 1.54) is 0 Å². The van der Waals surface area contributed by atoms with Crippen LogP contribution in [0.4, 0.5) is 0 Å². The third kappa shape index (κ3) is 3.64. The second-order valence-electron chi connectivity index (χ2n) is 5.59. The fraction of sp³-hybridized carbons (Fsp3) is 0.412. The van der Waals surface area contributed by atoms with Crippen LogP contribution in [0.15, 0.2) is 28.8 Å². The first-order chi connectivity index (χ1) is 11.2. The van der Waals surface area contributed by atoms with Gasteiger partial charge in [-0.3, -0.25) is 4.79 Å². The second kappa shape index (κ2) is 6.73. The van der Waals surface area contributed by atoms with E-state index in [1.54, 1.807) is 6.07 Å². The lowest BCUT2D eigenvalue weighted by Gasteiger charge is -2.18. The number of rotatable bonds is 5. The maximum atomic E-state index is 11.9. The Hall–Kier alpha value is -2.50. The number of carbonyl (C=O) groups is 1. The SMILES string of the molecule is CCC(C)NC(=O)Cc1cc(-c2ccc3c(c2)OCCO3)on1. The zero-order chi connectivity index (χ0) is 16.2. The van der Waals surface area contributed by atoms with Crippen molar-refractivity contribution in [2.75, 3.05) is 13.2 Å². The Morgan fingerprint density at radius 3 is 2.83 bits per heavy atom. The van der Waals surface area contributed by atoms with E-state index in [0.29, 0.717) is 30.4 Å². The summed E-state index contributed by atoms with van der Waals surface area (Å²) in [5.41, 5.74) is 1.45. The van der Waals surface area contributed by atoms with Gasteiger partial charge in [-0.2, -0.15) is 0 Å². The third-order valence-electron chi connectivity index (χ3n) is 3.75. The van der Waals surface area contributed by atoms with Crippen molar-refractivity contribution in [3.8, 4) is 22.8 Å². The average Bonchev–Trinajstić information content (AvgIpc) is 3.02. The summed E-state index contributed by atoms with van der Waals surface area (Å²) < 4.78 is 16.4. The van der Waals surface area contributed by atoms with E-state index in [0.717, 1.165) is 17.7 Å². The van der Waals surface area contributed by atoms with Crippen LogP contribution in [0.3, 0.4) is 0 Å². The average molecular weight is 316 g/mol. The molecule has 0 radical (unpaired) electrons. The van der Waals surface area contributed by atoms with E-state index < -0.39 is 0 Å². The molecule has 0 saturated carbocycles. The number of fused-ring (bicyclic) bond motifs is 1. The van der Waals surface area contributed by atoms with Crippen LogP contribution in [0.1, 0.15) is 26.0 Å². The largest absolute Gasteiger partial charge is 0.486 e. The maximum absolute atomic E-state index is 11.9. The van der Waals surface area contributed by atoms with Gasteiger partial charge in [0.15, 0.2) is 17.3 Å². The fourth-order valence-electron chi connectivity index (χ4n) is 2.32. The third-order valence-corrected chi connectivity index (χ3v) is 3.75. The number of aromatic nitrogens is 1. The van der Waals surface area contributed by atoms with Crippen LogP contribution >= 0.6 is 0 Å².